The second-order valence-corrected chi connectivity index (χ2v) is 12.1. The van der Waals surface area contributed by atoms with Gasteiger partial charge in [0.15, 0.2) is 0 Å². The number of hydrogen-bond acceptors (Lipinski definition) is 5. The van der Waals surface area contributed by atoms with Crippen molar-refractivity contribution in [1.82, 2.24) is 0 Å². The van der Waals surface area contributed by atoms with Crippen LogP contribution in [0, 0.1) is 0 Å². The molecule has 1 aromatic rings. The fraction of sp³-hybridized carbons (Fsp3) is 0.667. The molecule has 1 aromatic carbocycles. The van der Waals surface area contributed by atoms with Gasteiger partial charge >= 0.3 is 7.60 Å². The van der Waals surface area contributed by atoms with Crippen LogP contribution in [0.15, 0.2) is 30.3 Å². The second-order valence-electron chi connectivity index (χ2n) is 6.99. The van der Waals surface area contributed by atoms with Gasteiger partial charge in [-0.05, 0) is 53.5 Å². The van der Waals surface area contributed by atoms with Crippen LogP contribution in [0.3, 0.4) is 0 Å². The molecule has 0 heterocycles. The van der Waals surface area contributed by atoms with E-state index in [0.717, 1.165) is 5.56 Å². The van der Waals surface area contributed by atoms with Gasteiger partial charge in [0.1, 0.15) is 5.90 Å². The molecule has 0 fully saturated rings. The van der Waals surface area contributed by atoms with Crippen molar-refractivity contribution in [1.29, 1.82) is 0 Å². The Bertz CT molecular complexity index is 585. The third-order valence-electron chi connectivity index (χ3n) is 3.12. The quantitative estimate of drug-likeness (QED) is 0.438. The molecule has 0 saturated heterocycles. The van der Waals surface area contributed by atoms with Gasteiger partial charge in [0, 0.05) is 6.16 Å². The topological polar surface area (TPSA) is 61.8 Å². The first-order chi connectivity index (χ1) is 11.5. The number of benzene rings is 1. The highest BCUT2D eigenvalue weighted by Gasteiger charge is 2.39. The summed E-state index contributed by atoms with van der Waals surface area (Å²) in [6.07, 6.45) is 0.0987. The summed E-state index contributed by atoms with van der Waals surface area (Å²) in [4.78, 5) is 0. The molecule has 0 spiro atoms. The zero-order valence-electron chi connectivity index (χ0n) is 16.2. The summed E-state index contributed by atoms with van der Waals surface area (Å²) in [7, 11) is -6.71. The van der Waals surface area contributed by atoms with Gasteiger partial charge in [-0.1, -0.05) is 30.3 Å². The van der Waals surface area contributed by atoms with Crippen LogP contribution >= 0.6 is 15.0 Å². The van der Waals surface area contributed by atoms with E-state index < -0.39 is 15.0 Å². The molecule has 1 unspecified atom stereocenters. The lowest BCUT2D eigenvalue weighted by Gasteiger charge is -2.28. The first-order valence-electron chi connectivity index (χ1n) is 8.80. The van der Waals surface area contributed by atoms with E-state index >= 15 is 0 Å². The minimum absolute atomic E-state index is 0.193. The van der Waals surface area contributed by atoms with Crippen molar-refractivity contribution < 1.29 is 22.7 Å². The molecule has 5 nitrogen and oxygen atoms in total. The average molecular weight is 390 g/mol. The highest BCUT2D eigenvalue weighted by Crippen LogP contribution is 2.64. The van der Waals surface area contributed by atoms with Crippen molar-refractivity contribution in [3.05, 3.63) is 35.9 Å². The molecule has 0 aliphatic heterocycles. The highest BCUT2D eigenvalue weighted by atomic mass is 31.2. The van der Waals surface area contributed by atoms with Crippen LogP contribution in [0.25, 0.3) is 0 Å². The van der Waals surface area contributed by atoms with Gasteiger partial charge in [-0.2, -0.15) is 0 Å². The van der Waals surface area contributed by atoms with Gasteiger partial charge in [-0.25, -0.2) is 0 Å². The number of rotatable bonds is 11. The molecule has 1 rings (SSSR count). The largest absolute Gasteiger partial charge is 0.340 e. The normalized spacial score (nSPS) is 15.1. The van der Waals surface area contributed by atoms with Crippen LogP contribution in [0.2, 0.25) is 0 Å². The molecule has 7 heteroatoms. The highest BCUT2D eigenvalue weighted by molar-refractivity contribution is 7.74. The first kappa shape index (κ1) is 22.6. The Hall–Kier alpha value is -0.440. The molecular formula is C18H32O5P2. The summed E-state index contributed by atoms with van der Waals surface area (Å²) in [5.74, 6) is -0.193. The van der Waals surface area contributed by atoms with Crippen molar-refractivity contribution >= 4 is 15.0 Å². The summed E-state index contributed by atoms with van der Waals surface area (Å²) < 4.78 is 43.4. The van der Waals surface area contributed by atoms with Crippen LogP contribution in [0.4, 0.5) is 0 Å². The van der Waals surface area contributed by atoms with Crippen molar-refractivity contribution in [3.63, 3.8) is 0 Å². The molecule has 0 aliphatic carbocycles. The zero-order valence-corrected chi connectivity index (χ0v) is 18.0. The maximum Gasteiger partial charge on any atom is 0.340 e. The standard InChI is InChI=1S/C18H32O5P2/c1-15(2)21-24(19,13-12-18-10-8-7-9-11-18)14-25(20,22-16(3)4)23-17(5)6/h7-11,15-17H,12-14H2,1-6H3. The molecule has 0 saturated carbocycles. The Morgan fingerprint density at radius 1 is 0.800 bits per heavy atom. The Kier molecular flexibility index (Phi) is 9.08. The van der Waals surface area contributed by atoms with E-state index in [9.17, 15) is 9.13 Å². The van der Waals surface area contributed by atoms with Crippen LogP contribution < -0.4 is 0 Å². The number of hydrogen-bond donors (Lipinski definition) is 0. The van der Waals surface area contributed by atoms with Crippen LogP contribution in [-0.2, 0) is 29.1 Å². The lowest BCUT2D eigenvalue weighted by atomic mass is 10.2. The molecule has 1 atom stereocenters. The predicted octanol–water partition coefficient (Wildman–Crippen LogP) is 5.93. The lowest BCUT2D eigenvalue weighted by Crippen LogP contribution is -2.14. The Balaban J connectivity index is 2.97. The summed E-state index contributed by atoms with van der Waals surface area (Å²) in [5, 5.41) is 0. The third-order valence-corrected chi connectivity index (χ3v) is 9.42. The predicted molar refractivity (Wildman–Crippen MR) is 104 cm³/mol. The SMILES string of the molecule is CC(C)OP(=O)(CCc1ccccc1)CP(=O)(OC(C)C)OC(C)C. The van der Waals surface area contributed by atoms with Crippen molar-refractivity contribution in [2.75, 3.05) is 12.1 Å². The molecule has 0 amide bonds. The molecule has 0 bridgehead atoms. The van der Waals surface area contributed by atoms with E-state index in [1.54, 1.807) is 27.7 Å². The Labute approximate surface area is 152 Å². The Morgan fingerprint density at radius 3 is 1.72 bits per heavy atom. The number of aryl methyl sites for hydroxylation is 1. The summed E-state index contributed by atoms with van der Waals surface area (Å²) >= 11 is 0. The molecule has 0 radical (unpaired) electrons. The van der Waals surface area contributed by atoms with E-state index in [4.69, 9.17) is 13.6 Å². The minimum Gasteiger partial charge on any atom is -0.325 e. The van der Waals surface area contributed by atoms with E-state index in [1.165, 1.54) is 0 Å². The summed E-state index contributed by atoms with van der Waals surface area (Å²) in [6.45, 7) is 10.8. The first-order valence-corrected chi connectivity index (χ1v) is 12.5. The Morgan fingerprint density at radius 2 is 1.28 bits per heavy atom. The zero-order chi connectivity index (χ0) is 19.1. The van der Waals surface area contributed by atoms with Gasteiger partial charge in [-0.3, -0.25) is 9.13 Å². The van der Waals surface area contributed by atoms with Crippen LogP contribution in [-0.4, -0.2) is 30.4 Å². The van der Waals surface area contributed by atoms with Crippen molar-refractivity contribution in [2.24, 2.45) is 0 Å². The van der Waals surface area contributed by atoms with Crippen LogP contribution in [0.1, 0.15) is 47.1 Å². The van der Waals surface area contributed by atoms with Crippen molar-refractivity contribution in [2.45, 2.75) is 66.3 Å². The summed E-state index contributed by atoms with van der Waals surface area (Å²) in [6, 6.07) is 9.79. The van der Waals surface area contributed by atoms with Gasteiger partial charge in [0.25, 0.3) is 0 Å². The lowest BCUT2D eigenvalue weighted by molar-refractivity contribution is 0.144. The van der Waals surface area contributed by atoms with E-state index in [-0.39, 0.29) is 24.2 Å². The molecular weight excluding hydrogens is 358 g/mol. The maximum atomic E-state index is 13.4. The monoisotopic (exact) mass is 390 g/mol. The van der Waals surface area contributed by atoms with Gasteiger partial charge in [0.05, 0.1) is 18.3 Å². The van der Waals surface area contributed by atoms with E-state index in [1.807, 2.05) is 44.2 Å². The molecule has 0 aliphatic rings. The minimum atomic E-state index is -3.52. The second kappa shape index (κ2) is 10.0. The molecule has 144 valence electrons. The van der Waals surface area contributed by atoms with E-state index in [2.05, 4.69) is 0 Å². The van der Waals surface area contributed by atoms with E-state index in [0.29, 0.717) is 12.6 Å². The fourth-order valence-corrected chi connectivity index (χ4v) is 8.77. The molecule has 0 aromatic heterocycles. The van der Waals surface area contributed by atoms with Gasteiger partial charge < -0.3 is 13.6 Å². The maximum absolute atomic E-state index is 13.4. The van der Waals surface area contributed by atoms with Gasteiger partial charge in [0.2, 0.25) is 7.37 Å². The average Bonchev–Trinajstić information content (AvgIpc) is 2.43. The van der Waals surface area contributed by atoms with Gasteiger partial charge in [-0.15, -0.1) is 0 Å². The fourth-order valence-electron chi connectivity index (χ4n) is 2.48. The third kappa shape index (κ3) is 9.17. The van der Waals surface area contributed by atoms with Crippen molar-refractivity contribution in [3.8, 4) is 0 Å². The smallest absolute Gasteiger partial charge is 0.325 e. The summed E-state index contributed by atoms with van der Waals surface area (Å²) in [5.41, 5.74) is 1.07. The van der Waals surface area contributed by atoms with Crippen LogP contribution in [0.5, 0.6) is 0 Å². The molecule has 0 N–H and O–H groups in total. The molecule has 25 heavy (non-hydrogen) atoms.